The summed E-state index contributed by atoms with van der Waals surface area (Å²) in [7, 11) is 1.80. The molecule has 1 N–H and O–H groups in total. The Hall–Kier alpha value is -2.14. The van der Waals surface area contributed by atoms with Crippen LogP contribution in [0.4, 0.5) is 5.69 Å². The van der Waals surface area contributed by atoms with Gasteiger partial charge >= 0.3 is 0 Å². The minimum atomic E-state index is -0.393. The van der Waals surface area contributed by atoms with Crippen molar-refractivity contribution in [3.05, 3.63) is 51.7 Å². The maximum Gasteiger partial charge on any atom is 0.230 e. The normalized spacial score (nSPS) is 16.8. The number of carbonyl (C=O) groups is 2. The van der Waals surface area contributed by atoms with Crippen molar-refractivity contribution in [2.24, 2.45) is 0 Å². The van der Waals surface area contributed by atoms with Crippen LogP contribution in [-0.4, -0.2) is 23.8 Å². The van der Waals surface area contributed by atoms with Gasteiger partial charge in [0.2, 0.25) is 11.8 Å². The largest absolute Gasteiger partial charge is 0.340 e. The first-order valence-electron chi connectivity index (χ1n) is 7.23. The Morgan fingerprint density at radius 2 is 2.14 bits per heavy atom. The number of aryl methyl sites for hydroxylation is 1. The summed E-state index contributed by atoms with van der Waals surface area (Å²) in [6.07, 6.45) is 0.212. The van der Waals surface area contributed by atoms with Crippen molar-refractivity contribution in [3.63, 3.8) is 0 Å². The second-order valence-corrected chi connectivity index (χ2v) is 6.61. The van der Waals surface area contributed by atoms with Crippen molar-refractivity contribution in [3.8, 4) is 0 Å². The van der Waals surface area contributed by atoms with Gasteiger partial charge in [0.05, 0.1) is 12.5 Å². The molecule has 1 aromatic carbocycles. The number of thiophene rings is 1. The topological polar surface area (TPSA) is 49.4 Å². The van der Waals surface area contributed by atoms with E-state index in [0.29, 0.717) is 6.54 Å². The summed E-state index contributed by atoms with van der Waals surface area (Å²) < 4.78 is 0. The lowest BCUT2D eigenvalue weighted by Gasteiger charge is -2.28. The summed E-state index contributed by atoms with van der Waals surface area (Å²) >= 11 is 1.65. The molecule has 1 atom stereocenters. The van der Waals surface area contributed by atoms with Crippen molar-refractivity contribution in [1.82, 2.24) is 4.90 Å². The molecule has 3 rings (SSSR count). The van der Waals surface area contributed by atoms with E-state index in [0.717, 1.165) is 11.3 Å². The highest BCUT2D eigenvalue weighted by atomic mass is 32.1. The first-order valence-corrected chi connectivity index (χ1v) is 8.11. The molecule has 22 heavy (non-hydrogen) atoms. The van der Waals surface area contributed by atoms with E-state index in [1.807, 2.05) is 36.6 Å². The van der Waals surface area contributed by atoms with Gasteiger partial charge in [-0.2, -0.15) is 0 Å². The van der Waals surface area contributed by atoms with E-state index in [4.69, 9.17) is 0 Å². The Balaban J connectivity index is 1.83. The number of likely N-dealkylation sites (N-methyl/N-ethyl adjacent to an activating group) is 1. The zero-order valence-corrected chi connectivity index (χ0v) is 13.4. The van der Waals surface area contributed by atoms with E-state index in [-0.39, 0.29) is 18.2 Å². The summed E-state index contributed by atoms with van der Waals surface area (Å²) in [5.74, 6) is -0.497. The van der Waals surface area contributed by atoms with Gasteiger partial charge < -0.3 is 10.2 Å². The van der Waals surface area contributed by atoms with Crippen molar-refractivity contribution >= 4 is 28.8 Å². The Labute approximate surface area is 133 Å². The third-order valence-electron chi connectivity index (χ3n) is 4.02. The van der Waals surface area contributed by atoms with Crippen LogP contribution < -0.4 is 5.32 Å². The first-order chi connectivity index (χ1) is 10.6. The van der Waals surface area contributed by atoms with Gasteiger partial charge in [-0.1, -0.05) is 18.2 Å². The van der Waals surface area contributed by atoms with Gasteiger partial charge in [0.1, 0.15) is 0 Å². The predicted octanol–water partition coefficient (Wildman–Crippen LogP) is 3.14. The van der Waals surface area contributed by atoms with Crippen LogP contribution in [0.3, 0.4) is 0 Å². The second kappa shape index (κ2) is 5.93. The molecule has 1 aliphatic heterocycles. The van der Waals surface area contributed by atoms with Crippen LogP contribution in [0.2, 0.25) is 0 Å². The van der Waals surface area contributed by atoms with E-state index in [1.165, 1.54) is 10.4 Å². The maximum atomic E-state index is 12.8. The molecule has 2 heterocycles. The number of nitrogens with one attached hydrogen (secondary N) is 1. The van der Waals surface area contributed by atoms with Crippen LogP contribution in [0.15, 0.2) is 35.7 Å². The third-order valence-corrected chi connectivity index (χ3v) is 5.03. The highest BCUT2D eigenvalue weighted by Gasteiger charge is 2.32. The molecule has 0 spiro atoms. The number of hydrogen-bond donors (Lipinski definition) is 1. The predicted molar refractivity (Wildman–Crippen MR) is 88.0 cm³/mol. The van der Waals surface area contributed by atoms with Crippen LogP contribution in [0, 0.1) is 6.92 Å². The lowest BCUT2D eigenvalue weighted by Crippen LogP contribution is -2.36. The van der Waals surface area contributed by atoms with Gasteiger partial charge in [-0.15, -0.1) is 11.3 Å². The molecular formula is C17H18N2O2S. The van der Waals surface area contributed by atoms with Gasteiger partial charge in [-0.3, -0.25) is 9.59 Å². The maximum absolute atomic E-state index is 12.8. The van der Waals surface area contributed by atoms with E-state index < -0.39 is 5.92 Å². The minimum Gasteiger partial charge on any atom is -0.340 e. The molecule has 1 aromatic heterocycles. The first kappa shape index (κ1) is 14.8. The van der Waals surface area contributed by atoms with Gasteiger partial charge in [-0.25, -0.2) is 0 Å². The smallest absolute Gasteiger partial charge is 0.230 e. The van der Waals surface area contributed by atoms with Crippen molar-refractivity contribution in [1.29, 1.82) is 0 Å². The second-order valence-electron chi connectivity index (χ2n) is 5.61. The van der Waals surface area contributed by atoms with Crippen LogP contribution in [-0.2, 0) is 16.1 Å². The summed E-state index contributed by atoms with van der Waals surface area (Å²) in [4.78, 5) is 27.6. The Kier molecular flexibility index (Phi) is 3.98. The van der Waals surface area contributed by atoms with E-state index in [9.17, 15) is 9.59 Å². The number of rotatable bonds is 3. The quantitative estimate of drug-likeness (QED) is 0.946. The number of hydrogen-bond acceptors (Lipinski definition) is 3. The summed E-state index contributed by atoms with van der Waals surface area (Å²) in [6.45, 7) is 2.64. The van der Waals surface area contributed by atoms with Crippen LogP contribution in [0.1, 0.15) is 28.3 Å². The lowest BCUT2D eigenvalue weighted by atomic mass is 9.89. The van der Waals surface area contributed by atoms with Crippen LogP contribution >= 0.6 is 11.3 Å². The fourth-order valence-corrected chi connectivity index (χ4v) is 3.72. The average Bonchev–Trinajstić information content (AvgIpc) is 2.90. The third kappa shape index (κ3) is 2.76. The highest BCUT2D eigenvalue weighted by molar-refractivity contribution is 7.10. The van der Waals surface area contributed by atoms with Crippen LogP contribution in [0.5, 0.6) is 0 Å². The number of amides is 2. The summed E-state index contributed by atoms with van der Waals surface area (Å²) in [5, 5.41) is 4.86. The van der Waals surface area contributed by atoms with Crippen LogP contribution in [0.25, 0.3) is 0 Å². The summed E-state index contributed by atoms with van der Waals surface area (Å²) in [6, 6.07) is 9.59. The molecule has 114 valence electrons. The Morgan fingerprint density at radius 3 is 2.86 bits per heavy atom. The molecule has 0 fully saturated rings. The van der Waals surface area contributed by atoms with Gasteiger partial charge in [-0.05, 0) is 35.6 Å². The fraction of sp³-hybridized carbons (Fsp3) is 0.294. The number of para-hydroxylation sites is 1. The molecule has 1 aliphatic rings. The van der Waals surface area contributed by atoms with Crippen molar-refractivity contribution in [2.75, 3.05) is 12.4 Å². The van der Waals surface area contributed by atoms with E-state index >= 15 is 0 Å². The molecule has 0 aliphatic carbocycles. The summed E-state index contributed by atoms with van der Waals surface area (Å²) in [5.41, 5.74) is 2.85. The molecule has 0 bridgehead atoms. The number of carbonyl (C=O) groups excluding carboxylic acids is 2. The molecular weight excluding hydrogens is 296 g/mol. The standard InChI is InChI=1S/C17H18N2O2S/c1-11-7-8-22-15(11)10-19(2)17(21)13-9-16(20)18-14-6-4-3-5-12(13)14/h3-8,13H,9-10H2,1-2H3,(H,18,20). The van der Waals surface area contributed by atoms with Crippen molar-refractivity contribution in [2.45, 2.75) is 25.8 Å². The molecule has 2 aromatic rings. The molecule has 0 saturated carbocycles. The zero-order valence-electron chi connectivity index (χ0n) is 12.6. The van der Waals surface area contributed by atoms with Gasteiger partial charge in [0.25, 0.3) is 0 Å². The highest BCUT2D eigenvalue weighted by Crippen LogP contribution is 2.33. The average molecular weight is 314 g/mol. The SMILES string of the molecule is Cc1ccsc1CN(C)C(=O)C1CC(=O)Nc2ccccc21. The molecule has 0 radical (unpaired) electrons. The Morgan fingerprint density at radius 1 is 1.36 bits per heavy atom. The number of fused-ring (bicyclic) bond motifs is 1. The molecule has 2 amide bonds. The van der Waals surface area contributed by atoms with E-state index in [2.05, 4.69) is 11.4 Å². The van der Waals surface area contributed by atoms with E-state index in [1.54, 1.807) is 23.3 Å². The van der Waals surface area contributed by atoms with Gasteiger partial charge in [0, 0.05) is 24.0 Å². The van der Waals surface area contributed by atoms with Gasteiger partial charge in [0.15, 0.2) is 0 Å². The monoisotopic (exact) mass is 314 g/mol. The molecule has 5 heteroatoms. The molecule has 1 unspecified atom stereocenters. The lowest BCUT2D eigenvalue weighted by molar-refractivity contribution is -0.134. The van der Waals surface area contributed by atoms with Crippen molar-refractivity contribution < 1.29 is 9.59 Å². The molecule has 0 saturated heterocycles. The zero-order chi connectivity index (χ0) is 15.7. The fourth-order valence-electron chi connectivity index (χ4n) is 2.76. The minimum absolute atomic E-state index is 0.00454. The number of benzene rings is 1. The number of anilines is 1. The molecule has 4 nitrogen and oxygen atoms in total. The Bertz CT molecular complexity index is 723. The number of nitrogens with zero attached hydrogens (tertiary/aromatic N) is 1.